The number of hydrogen-bond donors (Lipinski definition) is 1. The van der Waals surface area contributed by atoms with Gasteiger partial charge in [-0.2, -0.15) is 0 Å². The third-order valence-electron chi connectivity index (χ3n) is 3.25. The molecule has 0 bridgehead atoms. The van der Waals surface area contributed by atoms with E-state index in [1.807, 2.05) is 0 Å². The van der Waals surface area contributed by atoms with Crippen LogP contribution in [0.2, 0.25) is 0 Å². The second kappa shape index (κ2) is 5.48. The van der Waals surface area contributed by atoms with Gasteiger partial charge in [0, 0.05) is 26.2 Å². The van der Waals surface area contributed by atoms with E-state index in [0.717, 1.165) is 32.7 Å². The first-order chi connectivity index (χ1) is 8.19. The maximum atomic E-state index is 3.99. The molecule has 1 aliphatic heterocycles. The largest absolute Gasteiger partial charge is 0.309 e. The van der Waals surface area contributed by atoms with Gasteiger partial charge in [0.1, 0.15) is 0 Å². The molecule has 2 heteroatoms. The Hall–Kier alpha value is -1.12. The maximum absolute atomic E-state index is 3.99. The van der Waals surface area contributed by atoms with Crippen LogP contribution in [0, 0.1) is 0 Å². The number of nitrogens with zero attached hydrogens (tertiary/aromatic N) is 1. The van der Waals surface area contributed by atoms with Crippen molar-refractivity contribution in [1.29, 1.82) is 0 Å². The molecule has 0 saturated carbocycles. The Labute approximate surface area is 104 Å². The predicted molar refractivity (Wildman–Crippen MR) is 72.8 cm³/mol. The summed E-state index contributed by atoms with van der Waals surface area (Å²) in [6.45, 7) is 13.4. The number of fused-ring (bicyclic) bond motifs is 1. The van der Waals surface area contributed by atoms with Gasteiger partial charge in [0.25, 0.3) is 0 Å². The van der Waals surface area contributed by atoms with E-state index in [2.05, 4.69) is 48.8 Å². The number of nitrogens with one attached hydrogen (secondary N) is 1. The van der Waals surface area contributed by atoms with Crippen molar-refractivity contribution in [2.75, 3.05) is 13.1 Å². The summed E-state index contributed by atoms with van der Waals surface area (Å²) in [6.07, 6.45) is 0. The maximum Gasteiger partial charge on any atom is 0.0237 e. The molecule has 0 aliphatic carbocycles. The minimum atomic E-state index is 0.992. The van der Waals surface area contributed by atoms with Crippen LogP contribution in [0.4, 0.5) is 0 Å². The molecule has 0 atom stereocenters. The van der Waals surface area contributed by atoms with Crippen LogP contribution in [0.25, 0.3) is 0 Å². The van der Waals surface area contributed by atoms with E-state index < -0.39 is 0 Å². The van der Waals surface area contributed by atoms with Crippen molar-refractivity contribution in [2.24, 2.45) is 0 Å². The van der Waals surface area contributed by atoms with Crippen LogP contribution >= 0.6 is 0 Å². The summed E-state index contributed by atoms with van der Waals surface area (Å²) >= 11 is 0. The summed E-state index contributed by atoms with van der Waals surface area (Å²) in [5.41, 5.74) is 5.57. The summed E-state index contributed by atoms with van der Waals surface area (Å²) < 4.78 is 0. The van der Waals surface area contributed by atoms with Crippen molar-refractivity contribution in [3.05, 3.63) is 47.0 Å². The monoisotopic (exact) mass is 230 g/mol. The van der Waals surface area contributed by atoms with Gasteiger partial charge >= 0.3 is 0 Å². The molecule has 2 rings (SSSR count). The zero-order valence-corrected chi connectivity index (χ0v) is 10.9. The van der Waals surface area contributed by atoms with Crippen LogP contribution < -0.4 is 5.32 Å². The van der Waals surface area contributed by atoms with E-state index in [-0.39, 0.29) is 0 Å². The quantitative estimate of drug-likeness (QED) is 0.782. The van der Waals surface area contributed by atoms with Crippen LogP contribution in [-0.4, -0.2) is 18.0 Å². The highest BCUT2D eigenvalue weighted by Gasteiger charge is 2.11. The molecule has 0 radical (unpaired) electrons. The Bertz CT molecular complexity index is 409. The van der Waals surface area contributed by atoms with Crippen LogP contribution in [0.5, 0.6) is 0 Å². The molecule has 0 amide bonds. The molecule has 17 heavy (non-hydrogen) atoms. The summed E-state index contributed by atoms with van der Waals surface area (Å²) in [7, 11) is 0. The summed E-state index contributed by atoms with van der Waals surface area (Å²) in [5, 5.41) is 3.39. The van der Waals surface area contributed by atoms with Crippen LogP contribution in [0.1, 0.15) is 30.5 Å². The van der Waals surface area contributed by atoms with Crippen molar-refractivity contribution >= 4 is 0 Å². The minimum Gasteiger partial charge on any atom is -0.309 e. The standard InChI is InChI=1S/C15H22N2/c1-4-17(10-12(2)3)11-13-5-6-14-8-16-9-15(14)7-13/h5-7,16H,2,4,8-11H2,1,3H3. The zero-order chi connectivity index (χ0) is 12.3. The van der Waals surface area contributed by atoms with Gasteiger partial charge in [-0.3, -0.25) is 4.90 Å². The fraction of sp³-hybridized carbons (Fsp3) is 0.467. The number of hydrogen-bond acceptors (Lipinski definition) is 2. The van der Waals surface area contributed by atoms with E-state index in [1.54, 1.807) is 0 Å². The molecular weight excluding hydrogens is 208 g/mol. The fourth-order valence-electron chi connectivity index (χ4n) is 2.37. The SMILES string of the molecule is C=C(C)CN(CC)Cc1ccc2c(c1)CNC2. The smallest absolute Gasteiger partial charge is 0.0237 e. The van der Waals surface area contributed by atoms with Gasteiger partial charge in [0.2, 0.25) is 0 Å². The van der Waals surface area contributed by atoms with Crippen molar-refractivity contribution in [2.45, 2.75) is 33.5 Å². The summed E-state index contributed by atoms with van der Waals surface area (Å²) in [4.78, 5) is 2.42. The molecule has 2 nitrogen and oxygen atoms in total. The number of likely N-dealkylation sites (N-methyl/N-ethyl adjacent to an activating group) is 1. The lowest BCUT2D eigenvalue weighted by Crippen LogP contribution is -2.24. The Kier molecular flexibility index (Phi) is 3.97. The first-order valence-electron chi connectivity index (χ1n) is 6.37. The Morgan fingerprint density at radius 3 is 2.82 bits per heavy atom. The molecule has 0 unspecified atom stereocenters. The molecule has 0 saturated heterocycles. The highest BCUT2D eigenvalue weighted by atomic mass is 15.1. The molecule has 1 N–H and O–H groups in total. The first-order valence-corrected chi connectivity index (χ1v) is 6.37. The second-order valence-corrected chi connectivity index (χ2v) is 4.97. The van der Waals surface area contributed by atoms with E-state index in [1.165, 1.54) is 22.3 Å². The average Bonchev–Trinajstić information content (AvgIpc) is 2.74. The third kappa shape index (κ3) is 3.18. The van der Waals surface area contributed by atoms with Crippen LogP contribution in [-0.2, 0) is 19.6 Å². The predicted octanol–water partition coefficient (Wildman–Crippen LogP) is 2.69. The van der Waals surface area contributed by atoms with Gasteiger partial charge in [-0.05, 0) is 30.2 Å². The van der Waals surface area contributed by atoms with Crippen molar-refractivity contribution in [3.8, 4) is 0 Å². The summed E-state index contributed by atoms with van der Waals surface area (Å²) in [5.74, 6) is 0. The molecule has 0 aromatic heterocycles. The molecular formula is C15H22N2. The van der Waals surface area contributed by atoms with Gasteiger partial charge in [-0.15, -0.1) is 0 Å². The van der Waals surface area contributed by atoms with Gasteiger partial charge in [-0.25, -0.2) is 0 Å². The van der Waals surface area contributed by atoms with E-state index in [0.29, 0.717) is 0 Å². The molecule has 0 spiro atoms. The lowest BCUT2D eigenvalue weighted by Gasteiger charge is -2.20. The Morgan fingerprint density at radius 1 is 1.35 bits per heavy atom. The minimum absolute atomic E-state index is 0.992. The Morgan fingerprint density at radius 2 is 2.12 bits per heavy atom. The van der Waals surface area contributed by atoms with Gasteiger partial charge in [-0.1, -0.05) is 37.3 Å². The summed E-state index contributed by atoms with van der Waals surface area (Å²) in [6, 6.07) is 6.86. The normalized spacial score (nSPS) is 14.1. The molecule has 1 aromatic carbocycles. The van der Waals surface area contributed by atoms with Crippen molar-refractivity contribution < 1.29 is 0 Å². The zero-order valence-electron chi connectivity index (χ0n) is 10.9. The van der Waals surface area contributed by atoms with Crippen LogP contribution in [0.15, 0.2) is 30.4 Å². The number of rotatable bonds is 5. The van der Waals surface area contributed by atoms with Crippen molar-refractivity contribution in [1.82, 2.24) is 10.2 Å². The molecule has 92 valence electrons. The topological polar surface area (TPSA) is 15.3 Å². The second-order valence-electron chi connectivity index (χ2n) is 4.97. The van der Waals surface area contributed by atoms with Crippen LogP contribution in [0.3, 0.4) is 0 Å². The van der Waals surface area contributed by atoms with Gasteiger partial charge in [0.05, 0.1) is 0 Å². The van der Waals surface area contributed by atoms with Crippen molar-refractivity contribution in [3.63, 3.8) is 0 Å². The lowest BCUT2D eigenvalue weighted by atomic mass is 10.1. The van der Waals surface area contributed by atoms with Gasteiger partial charge in [0.15, 0.2) is 0 Å². The molecule has 0 fully saturated rings. The lowest BCUT2D eigenvalue weighted by molar-refractivity contribution is 0.304. The molecule has 1 heterocycles. The van der Waals surface area contributed by atoms with E-state index in [4.69, 9.17) is 0 Å². The van der Waals surface area contributed by atoms with E-state index >= 15 is 0 Å². The van der Waals surface area contributed by atoms with Gasteiger partial charge < -0.3 is 5.32 Å². The fourth-order valence-corrected chi connectivity index (χ4v) is 2.37. The molecule has 1 aliphatic rings. The van der Waals surface area contributed by atoms with E-state index in [9.17, 15) is 0 Å². The highest BCUT2D eigenvalue weighted by molar-refractivity contribution is 5.34. The molecule has 1 aromatic rings. The Balaban J connectivity index is 2.04. The average molecular weight is 230 g/mol. The number of benzene rings is 1. The highest BCUT2D eigenvalue weighted by Crippen LogP contribution is 2.18. The third-order valence-corrected chi connectivity index (χ3v) is 3.25. The first kappa shape index (κ1) is 12.3.